The lowest BCUT2D eigenvalue weighted by Crippen LogP contribution is -2.40. The van der Waals surface area contributed by atoms with Crippen molar-refractivity contribution in [2.45, 2.75) is 25.7 Å². The monoisotopic (exact) mass is 299 g/mol. The number of aromatic nitrogens is 2. The SMILES string of the molecule is Cc1ccc(OCC(=O)N2CCC(c3ncc[nH]3)CC2)cc1. The number of hydrogen-bond acceptors (Lipinski definition) is 3. The minimum Gasteiger partial charge on any atom is -0.484 e. The van der Waals surface area contributed by atoms with E-state index in [9.17, 15) is 4.79 Å². The topological polar surface area (TPSA) is 58.2 Å². The van der Waals surface area contributed by atoms with E-state index in [0.717, 1.165) is 37.5 Å². The van der Waals surface area contributed by atoms with Gasteiger partial charge in [-0.1, -0.05) is 17.7 Å². The molecule has 1 aromatic heterocycles. The Hall–Kier alpha value is -2.30. The molecule has 0 aliphatic carbocycles. The second-order valence-corrected chi connectivity index (χ2v) is 5.73. The van der Waals surface area contributed by atoms with Crippen LogP contribution in [0.3, 0.4) is 0 Å². The molecule has 1 aliphatic heterocycles. The molecule has 2 heterocycles. The lowest BCUT2D eigenvalue weighted by atomic mass is 9.96. The van der Waals surface area contributed by atoms with Gasteiger partial charge in [-0.15, -0.1) is 0 Å². The number of piperidine rings is 1. The summed E-state index contributed by atoms with van der Waals surface area (Å²) in [6.07, 6.45) is 5.53. The van der Waals surface area contributed by atoms with Crippen molar-refractivity contribution < 1.29 is 9.53 Å². The molecule has 1 aliphatic rings. The maximum absolute atomic E-state index is 12.2. The average Bonchev–Trinajstić information content (AvgIpc) is 3.09. The van der Waals surface area contributed by atoms with Crippen LogP contribution in [0.1, 0.15) is 30.1 Å². The highest BCUT2D eigenvalue weighted by molar-refractivity contribution is 5.77. The lowest BCUT2D eigenvalue weighted by Gasteiger charge is -2.31. The first-order chi connectivity index (χ1) is 10.7. The Morgan fingerprint density at radius 3 is 2.68 bits per heavy atom. The number of carbonyl (C=O) groups is 1. The van der Waals surface area contributed by atoms with Gasteiger partial charge in [0.25, 0.3) is 5.91 Å². The summed E-state index contributed by atoms with van der Waals surface area (Å²) >= 11 is 0. The summed E-state index contributed by atoms with van der Waals surface area (Å²) in [5.74, 6) is 2.25. The number of H-pyrrole nitrogens is 1. The van der Waals surface area contributed by atoms with E-state index >= 15 is 0 Å². The smallest absolute Gasteiger partial charge is 0.260 e. The molecule has 2 aromatic rings. The number of ether oxygens (including phenoxy) is 1. The Kier molecular flexibility index (Phi) is 4.42. The first-order valence-electron chi connectivity index (χ1n) is 7.69. The molecule has 1 N–H and O–H groups in total. The Labute approximate surface area is 130 Å². The summed E-state index contributed by atoms with van der Waals surface area (Å²) in [6.45, 7) is 3.66. The molecule has 116 valence electrons. The quantitative estimate of drug-likeness (QED) is 0.943. The lowest BCUT2D eigenvalue weighted by molar-refractivity contribution is -0.134. The number of amides is 1. The maximum atomic E-state index is 12.2. The van der Waals surface area contributed by atoms with Gasteiger partial charge in [0.05, 0.1) is 0 Å². The van der Waals surface area contributed by atoms with Crippen LogP contribution in [-0.2, 0) is 4.79 Å². The van der Waals surface area contributed by atoms with Crippen molar-refractivity contribution in [1.82, 2.24) is 14.9 Å². The van der Waals surface area contributed by atoms with Crippen molar-refractivity contribution in [3.8, 4) is 5.75 Å². The van der Waals surface area contributed by atoms with Gasteiger partial charge in [0.15, 0.2) is 6.61 Å². The zero-order chi connectivity index (χ0) is 15.4. The molecule has 1 fully saturated rings. The molecule has 0 bridgehead atoms. The molecule has 0 atom stereocenters. The molecular formula is C17H21N3O2. The third kappa shape index (κ3) is 3.47. The largest absolute Gasteiger partial charge is 0.484 e. The van der Waals surface area contributed by atoms with E-state index in [-0.39, 0.29) is 12.5 Å². The van der Waals surface area contributed by atoms with Gasteiger partial charge < -0.3 is 14.6 Å². The first kappa shape index (κ1) is 14.6. The highest BCUT2D eigenvalue weighted by Crippen LogP contribution is 2.25. The van der Waals surface area contributed by atoms with Crippen LogP contribution in [0, 0.1) is 6.92 Å². The van der Waals surface area contributed by atoms with Gasteiger partial charge in [-0.3, -0.25) is 4.79 Å². The standard InChI is InChI=1S/C17H21N3O2/c1-13-2-4-15(5-3-13)22-12-16(21)20-10-6-14(7-11-20)17-18-8-9-19-17/h2-5,8-9,14H,6-7,10-12H2,1H3,(H,18,19). The normalized spacial score (nSPS) is 15.8. The van der Waals surface area contributed by atoms with Gasteiger partial charge in [-0.05, 0) is 31.9 Å². The van der Waals surface area contributed by atoms with Gasteiger partial charge in [-0.25, -0.2) is 4.98 Å². The Morgan fingerprint density at radius 2 is 2.05 bits per heavy atom. The molecule has 5 nitrogen and oxygen atoms in total. The van der Waals surface area contributed by atoms with E-state index in [1.165, 1.54) is 5.56 Å². The van der Waals surface area contributed by atoms with Crippen molar-refractivity contribution in [3.05, 3.63) is 48.0 Å². The second kappa shape index (κ2) is 6.64. The Morgan fingerprint density at radius 1 is 1.32 bits per heavy atom. The van der Waals surface area contributed by atoms with E-state index in [4.69, 9.17) is 4.74 Å². The predicted molar refractivity (Wildman–Crippen MR) is 83.8 cm³/mol. The summed E-state index contributed by atoms with van der Waals surface area (Å²) in [5.41, 5.74) is 1.18. The van der Waals surface area contributed by atoms with Crippen LogP contribution in [0.2, 0.25) is 0 Å². The van der Waals surface area contributed by atoms with Crippen LogP contribution >= 0.6 is 0 Å². The van der Waals surface area contributed by atoms with Gasteiger partial charge in [0.2, 0.25) is 0 Å². The average molecular weight is 299 g/mol. The number of benzene rings is 1. The van der Waals surface area contributed by atoms with Gasteiger partial charge in [-0.2, -0.15) is 0 Å². The Balaban J connectivity index is 1.46. The van der Waals surface area contributed by atoms with E-state index in [2.05, 4.69) is 9.97 Å². The number of nitrogens with one attached hydrogen (secondary N) is 1. The van der Waals surface area contributed by atoms with Crippen LogP contribution in [0.15, 0.2) is 36.7 Å². The van der Waals surface area contributed by atoms with Crippen LogP contribution in [0.25, 0.3) is 0 Å². The molecule has 0 spiro atoms. The number of likely N-dealkylation sites (tertiary alicyclic amines) is 1. The van der Waals surface area contributed by atoms with Crippen LogP contribution in [-0.4, -0.2) is 40.5 Å². The van der Waals surface area contributed by atoms with Crippen LogP contribution in [0.4, 0.5) is 0 Å². The van der Waals surface area contributed by atoms with Gasteiger partial charge >= 0.3 is 0 Å². The minimum atomic E-state index is 0.0541. The summed E-state index contributed by atoms with van der Waals surface area (Å²) < 4.78 is 5.57. The fourth-order valence-corrected chi connectivity index (χ4v) is 2.77. The number of aryl methyl sites for hydroxylation is 1. The van der Waals surface area contributed by atoms with Gasteiger partial charge in [0, 0.05) is 31.4 Å². The minimum absolute atomic E-state index is 0.0541. The molecule has 0 radical (unpaired) electrons. The van der Waals surface area contributed by atoms with Crippen molar-refractivity contribution in [1.29, 1.82) is 0 Å². The molecule has 5 heteroatoms. The third-order valence-corrected chi connectivity index (χ3v) is 4.14. The molecule has 22 heavy (non-hydrogen) atoms. The second-order valence-electron chi connectivity index (χ2n) is 5.73. The fraction of sp³-hybridized carbons (Fsp3) is 0.412. The van der Waals surface area contributed by atoms with E-state index < -0.39 is 0 Å². The zero-order valence-corrected chi connectivity index (χ0v) is 12.8. The summed E-state index contributed by atoms with van der Waals surface area (Å²) in [4.78, 5) is 21.6. The zero-order valence-electron chi connectivity index (χ0n) is 12.8. The van der Waals surface area contributed by atoms with E-state index in [1.807, 2.05) is 42.3 Å². The highest BCUT2D eigenvalue weighted by atomic mass is 16.5. The molecule has 1 saturated heterocycles. The summed E-state index contributed by atoms with van der Waals surface area (Å²) in [5, 5.41) is 0. The van der Waals surface area contributed by atoms with Crippen LogP contribution < -0.4 is 4.74 Å². The molecule has 3 rings (SSSR count). The molecule has 0 saturated carbocycles. The number of nitrogens with zero attached hydrogens (tertiary/aromatic N) is 2. The highest BCUT2D eigenvalue weighted by Gasteiger charge is 2.25. The van der Waals surface area contributed by atoms with Crippen LogP contribution in [0.5, 0.6) is 5.75 Å². The molecule has 1 aromatic carbocycles. The molecule has 0 unspecified atom stereocenters. The summed E-state index contributed by atoms with van der Waals surface area (Å²) in [6, 6.07) is 7.75. The summed E-state index contributed by atoms with van der Waals surface area (Å²) in [7, 11) is 0. The van der Waals surface area contributed by atoms with Crippen molar-refractivity contribution >= 4 is 5.91 Å². The molecule has 1 amide bonds. The van der Waals surface area contributed by atoms with Crippen molar-refractivity contribution in [2.75, 3.05) is 19.7 Å². The number of rotatable bonds is 4. The third-order valence-electron chi connectivity index (χ3n) is 4.14. The maximum Gasteiger partial charge on any atom is 0.260 e. The fourth-order valence-electron chi connectivity index (χ4n) is 2.77. The van der Waals surface area contributed by atoms with Crippen molar-refractivity contribution in [2.24, 2.45) is 0 Å². The number of hydrogen-bond donors (Lipinski definition) is 1. The predicted octanol–water partition coefficient (Wildman–Crippen LogP) is 2.50. The molecular weight excluding hydrogens is 278 g/mol. The Bertz CT molecular complexity index is 599. The van der Waals surface area contributed by atoms with E-state index in [0.29, 0.717) is 5.92 Å². The number of aromatic amines is 1. The van der Waals surface area contributed by atoms with E-state index in [1.54, 1.807) is 6.20 Å². The first-order valence-corrected chi connectivity index (χ1v) is 7.69. The number of carbonyl (C=O) groups excluding carboxylic acids is 1. The van der Waals surface area contributed by atoms with Crippen molar-refractivity contribution in [3.63, 3.8) is 0 Å². The van der Waals surface area contributed by atoms with Gasteiger partial charge in [0.1, 0.15) is 11.6 Å². The number of imidazole rings is 1.